The van der Waals surface area contributed by atoms with Gasteiger partial charge in [-0.3, -0.25) is 14.9 Å². The number of fused-ring (bicyclic) bond motifs is 1. The third-order valence-corrected chi connectivity index (χ3v) is 2.55. The fourth-order valence-electron chi connectivity index (χ4n) is 1.60. The van der Waals surface area contributed by atoms with Gasteiger partial charge in [0.15, 0.2) is 23.9 Å². The van der Waals surface area contributed by atoms with E-state index >= 15 is 0 Å². The number of carbonyl (C=O) groups excluding carboxylic acids is 3. The van der Waals surface area contributed by atoms with Crippen molar-refractivity contribution in [2.75, 3.05) is 6.79 Å². The average Bonchev–Trinajstić information content (AvgIpc) is 2.83. The SMILES string of the molecule is CC(Oc1cc2c(cc1C=O)OCO2)C(=O)NC(N)=O. The van der Waals surface area contributed by atoms with Gasteiger partial charge in [-0.25, -0.2) is 4.79 Å². The Balaban J connectivity index is 2.18. The molecule has 0 saturated heterocycles. The molecule has 1 aromatic carbocycles. The third-order valence-electron chi connectivity index (χ3n) is 2.55. The lowest BCUT2D eigenvalue weighted by atomic mass is 10.2. The van der Waals surface area contributed by atoms with Crippen LogP contribution in [0.3, 0.4) is 0 Å². The van der Waals surface area contributed by atoms with Crippen molar-refractivity contribution in [3.63, 3.8) is 0 Å². The molecule has 20 heavy (non-hydrogen) atoms. The van der Waals surface area contributed by atoms with Crippen molar-refractivity contribution >= 4 is 18.2 Å². The number of carbonyl (C=O) groups is 3. The average molecular weight is 280 g/mol. The highest BCUT2D eigenvalue weighted by Gasteiger charge is 2.22. The predicted octanol–water partition coefficient (Wildman–Crippen LogP) is 0.190. The van der Waals surface area contributed by atoms with Crippen LogP contribution < -0.4 is 25.3 Å². The van der Waals surface area contributed by atoms with Crippen LogP contribution in [0.1, 0.15) is 17.3 Å². The van der Waals surface area contributed by atoms with Crippen molar-refractivity contribution in [2.24, 2.45) is 5.73 Å². The maximum Gasteiger partial charge on any atom is 0.318 e. The van der Waals surface area contributed by atoms with Crippen molar-refractivity contribution in [3.8, 4) is 17.2 Å². The summed E-state index contributed by atoms with van der Waals surface area (Å²) in [5.74, 6) is 0.269. The summed E-state index contributed by atoms with van der Waals surface area (Å²) in [7, 11) is 0. The van der Waals surface area contributed by atoms with Crippen LogP contribution in [0.5, 0.6) is 17.2 Å². The van der Waals surface area contributed by atoms with Gasteiger partial charge < -0.3 is 19.9 Å². The van der Waals surface area contributed by atoms with E-state index in [2.05, 4.69) is 0 Å². The minimum atomic E-state index is -1.01. The molecule has 0 bridgehead atoms. The van der Waals surface area contributed by atoms with Gasteiger partial charge in [0.1, 0.15) is 5.75 Å². The van der Waals surface area contributed by atoms with Crippen LogP contribution in [0.25, 0.3) is 0 Å². The summed E-state index contributed by atoms with van der Waals surface area (Å²) in [4.78, 5) is 33.1. The number of aldehydes is 1. The van der Waals surface area contributed by atoms with Crippen LogP contribution in [0.4, 0.5) is 4.79 Å². The number of hydrogen-bond acceptors (Lipinski definition) is 6. The first kappa shape index (κ1) is 13.7. The number of imide groups is 1. The van der Waals surface area contributed by atoms with Crippen LogP contribution in [0.2, 0.25) is 0 Å². The standard InChI is InChI=1S/C12H12N2O6/c1-6(11(16)14-12(13)17)20-8-3-10-9(18-5-19-10)2-7(8)4-15/h2-4,6H,5H2,1H3,(H3,13,14,16,17). The molecule has 3 N–H and O–H groups in total. The molecule has 1 aliphatic rings. The highest BCUT2D eigenvalue weighted by Crippen LogP contribution is 2.37. The second-order valence-electron chi connectivity index (χ2n) is 3.97. The molecule has 8 heteroatoms. The molecule has 1 aromatic rings. The molecule has 1 aliphatic heterocycles. The van der Waals surface area contributed by atoms with Crippen molar-refractivity contribution in [2.45, 2.75) is 13.0 Å². The van der Waals surface area contributed by atoms with Crippen LogP contribution in [-0.4, -0.2) is 31.1 Å². The summed E-state index contributed by atoms with van der Waals surface area (Å²) in [5, 5.41) is 1.88. The number of nitrogens with two attached hydrogens (primary N) is 1. The summed E-state index contributed by atoms with van der Waals surface area (Å²) in [6.45, 7) is 1.46. The Morgan fingerprint density at radius 1 is 1.40 bits per heavy atom. The van der Waals surface area contributed by atoms with E-state index in [1.165, 1.54) is 19.1 Å². The monoisotopic (exact) mass is 280 g/mol. The highest BCUT2D eigenvalue weighted by atomic mass is 16.7. The maximum absolute atomic E-state index is 11.5. The smallest absolute Gasteiger partial charge is 0.318 e. The Morgan fingerprint density at radius 2 is 2.05 bits per heavy atom. The summed E-state index contributed by atoms with van der Waals surface area (Å²) >= 11 is 0. The molecule has 2 rings (SSSR count). The quantitative estimate of drug-likeness (QED) is 0.760. The van der Waals surface area contributed by atoms with Gasteiger partial charge >= 0.3 is 6.03 Å². The normalized spacial score (nSPS) is 13.4. The highest BCUT2D eigenvalue weighted by molar-refractivity contribution is 5.96. The Hall–Kier alpha value is -2.77. The van der Waals surface area contributed by atoms with Gasteiger partial charge in [0.05, 0.1) is 5.56 Å². The first-order valence-electron chi connectivity index (χ1n) is 5.67. The summed E-state index contributed by atoms with van der Waals surface area (Å²) in [5.41, 5.74) is 5.04. The van der Waals surface area contributed by atoms with Crippen molar-refractivity contribution < 1.29 is 28.6 Å². The van der Waals surface area contributed by atoms with Gasteiger partial charge in [0.2, 0.25) is 6.79 Å². The van der Waals surface area contributed by atoms with Crippen LogP contribution >= 0.6 is 0 Å². The van der Waals surface area contributed by atoms with Crippen LogP contribution in [0, 0.1) is 0 Å². The van der Waals surface area contributed by atoms with Gasteiger partial charge in [0.25, 0.3) is 5.91 Å². The zero-order valence-corrected chi connectivity index (χ0v) is 10.5. The van der Waals surface area contributed by atoms with Gasteiger partial charge in [0, 0.05) is 6.07 Å². The number of benzene rings is 1. The fourth-order valence-corrected chi connectivity index (χ4v) is 1.60. The minimum Gasteiger partial charge on any atom is -0.480 e. The molecule has 3 amide bonds. The predicted molar refractivity (Wildman–Crippen MR) is 65.8 cm³/mol. The number of rotatable bonds is 4. The number of primary amides is 1. The molecular weight excluding hydrogens is 268 g/mol. The Labute approximate surface area is 113 Å². The number of hydrogen-bond donors (Lipinski definition) is 2. The molecular formula is C12H12N2O6. The fraction of sp³-hybridized carbons (Fsp3) is 0.250. The summed E-state index contributed by atoms with van der Waals surface area (Å²) in [6, 6.07) is 1.91. The van der Waals surface area contributed by atoms with E-state index in [-0.39, 0.29) is 18.1 Å². The van der Waals surface area contributed by atoms with Crippen molar-refractivity contribution in [1.82, 2.24) is 5.32 Å². The van der Waals surface area contributed by atoms with Crippen molar-refractivity contribution in [1.29, 1.82) is 0 Å². The zero-order valence-electron chi connectivity index (χ0n) is 10.5. The second kappa shape index (κ2) is 5.47. The van der Waals surface area contributed by atoms with Gasteiger partial charge in [-0.1, -0.05) is 0 Å². The van der Waals surface area contributed by atoms with E-state index in [4.69, 9.17) is 19.9 Å². The molecule has 0 radical (unpaired) electrons. The molecule has 106 valence electrons. The lowest BCUT2D eigenvalue weighted by Crippen LogP contribution is -2.42. The van der Waals surface area contributed by atoms with E-state index in [1.54, 1.807) is 0 Å². The molecule has 0 aromatic heterocycles. The summed E-state index contributed by atoms with van der Waals surface area (Å²) < 4.78 is 15.6. The van der Waals surface area contributed by atoms with E-state index in [0.717, 1.165) is 0 Å². The maximum atomic E-state index is 11.5. The summed E-state index contributed by atoms with van der Waals surface area (Å²) in [6.07, 6.45) is -0.447. The topological polar surface area (TPSA) is 117 Å². The minimum absolute atomic E-state index is 0.0504. The number of nitrogens with one attached hydrogen (secondary N) is 1. The molecule has 1 unspecified atom stereocenters. The van der Waals surface area contributed by atoms with E-state index in [9.17, 15) is 14.4 Å². The Morgan fingerprint density at radius 3 is 2.65 bits per heavy atom. The molecule has 1 heterocycles. The van der Waals surface area contributed by atoms with Crippen LogP contribution in [-0.2, 0) is 4.79 Å². The first-order valence-corrected chi connectivity index (χ1v) is 5.67. The van der Waals surface area contributed by atoms with Crippen LogP contribution in [0.15, 0.2) is 12.1 Å². The first-order chi connectivity index (χ1) is 9.51. The molecule has 0 aliphatic carbocycles. The molecule has 0 spiro atoms. The number of ether oxygens (including phenoxy) is 3. The Bertz CT molecular complexity index is 571. The van der Waals surface area contributed by atoms with E-state index < -0.39 is 18.0 Å². The van der Waals surface area contributed by atoms with Gasteiger partial charge in [-0.05, 0) is 13.0 Å². The second-order valence-corrected chi connectivity index (χ2v) is 3.97. The number of amides is 3. The lowest BCUT2D eigenvalue weighted by Gasteiger charge is -2.15. The third kappa shape index (κ3) is 2.79. The van der Waals surface area contributed by atoms with Crippen molar-refractivity contribution in [3.05, 3.63) is 17.7 Å². The lowest BCUT2D eigenvalue weighted by molar-refractivity contribution is -0.126. The van der Waals surface area contributed by atoms with Gasteiger partial charge in [-0.2, -0.15) is 0 Å². The molecule has 1 atom stereocenters. The molecule has 8 nitrogen and oxygen atoms in total. The Kier molecular flexibility index (Phi) is 3.74. The molecule has 0 fully saturated rings. The molecule has 0 saturated carbocycles. The largest absolute Gasteiger partial charge is 0.480 e. The van der Waals surface area contributed by atoms with E-state index in [0.29, 0.717) is 17.8 Å². The van der Waals surface area contributed by atoms with Gasteiger partial charge in [-0.15, -0.1) is 0 Å². The zero-order chi connectivity index (χ0) is 14.7. The van der Waals surface area contributed by atoms with E-state index in [1.807, 2.05) is 5.32 Å². The number of urea groups is 1.